The molecule has 0 aliphatic carbocycles. The minimum atomic E-state index is -0.532. The minimum Gasteiger partial charge on any atom is -0.484 e. The van der Waals surface area contributed by atoms with Crippen molar-refractivity contribution in [2.75, 3.05) is 39.8 Å². The topological polar surface area (TPSA) is 61.9 Å². The minimum absolute atomic E-state index is 0.0406. The van der Waals surface area contributed by atoms with Crippen molar-refractivity contribution in [2.24, 2.45) is 0 Å². The summed E-state index contributed by atoms with van der Waals surface area (Å²) in [6.45, 7) is 4.75. The molecule has 1 aromatic carbocycles. The van der Waals surface area contributed by atoms with Gasteiger partial charge in [0, 0.05) is 26.2 Å². The molecule has 0 aromatic heterocycles. The summed E-state index contributed by atoms with van der Waals surface area (Å²) in [5.74, 6) is 0.302. The van der Waals surface area contributed by atoms with Crippen molar-refractivity contribution in [3.8, 4) is 5.75 Å². The summed E-state index contributed by atoms with van der Waals surface area (Å²) in [5, 5.41) is 2.69. The number of para-hydroxylation sites is 1. The Hall–Kier alpha value is -2.08. The number of rotatable bonds is 5. The number of nitrogens with zero attached hydrogens (tertiary/aromatic N) is 2. The van der Waals surface area contributed by atoms with Crippen LogP contribution in [0.2, 0.25) is 0 Å². The summed E-state index contributed by atoms with van der Waals surface area (Å²) in [6, 6.07) is 8.59. The van der Waals surface area contributed by atoms with Crippen molar-refractivity contribution in [2.45, 2.75) is 13.0 Å². The molecular weight excluding hydrogens is 282 g/mol. The average molecular weight is 305 g/mol. The highest BCUT2D eigenvalue weighted by Gasteiger charge is 2.24. The maximum Gasteiger partial charge on any atom is 0.258 e. The number of likely N-dealkylation sites (N-methyl/N-ethyl adjacent to an activating group) is 1. The van der Waals surface area contributed by atoms with Gasteiger partial charge in [-0.25, -0.2) is 0 Å². The first-order valence-corrected chi connectivity index (χ1v) is 7.51. The van der Waals surface area contributed by atoms with Crippen molar-refractivity contribution in [3.05, 3.63) is 30.3 Å². The van der Waals surface area contributed by atoms with Gasteiger partial charge in [-0.3, -0.25) is 9.59 Å². The van der Waals surface area contributed by atoms with E-state index in [1.807, 2.05) is 25.2 Å². The SMILES string of the molecule is CC(NC(=O)COc1ccccc1)C(=O)N1CCN(C)CC1. The van der Waals surface area contributed by atoms with Gasteiger partial charge in [-0.15, -0.1) is 0 Å². The Labute approximate surface area is 131 Å². The van der Waals surface area contributed by atoms with Crippen LogP contribution in [0.4, 0.5) is 0 Å². The number of benzene rings is 1. The molecule has 1 aromatic rings. The third kappa shape index (κ3) is 4.73. The van der Waals surface area contributed by atoms with Crippen LogP contribution in [-0.4, -0.2) is 67.5 Å². The highest BCUT2D eigenvalue weighted by molar-refractivity contribution is 5.87. The second-order valence-electron chi connectivity index (χ2n) is 5.52. The number of amides is 2. The Morgan fingerprint density at radius 2 is 1.82 bits per heavy atom. The van der Waals surface area contributed by atoms with Crippen LogP contribution in [0.25, 0.3) is 0 Å². The Morgan fingerprint density at radius 1 is 1.18 bits per heavy atom. The summed E-state index contributed by atoms with van der Waals surface area (Å²) >= 11 is 0. The Kier molecular flexibility index (Phi) is 5.77. The Balaban J connectivity index is 1.74. The zero-order valence-corrected chi connectivity index (χ0v) is 13.1. The lowest BCUT2D eigenvalue weighted by atomic mass is 10.2. The van der Waals surface area contributed by atoms with E-state index in [0.29, 0.717) is 18.8 Å². The molecule has 1 atom stereocenters. The smallest absolute Gasteiger partial charge is 0.258 e. The van der Waals surface area contributed by atoms with E-state index in [2.05, 4.69) is 10.2 Å². The van der Waals surface area contributed by atoms with Crippen molar-refractivity contribution in [1.82, 2.24) is 15.1 Å². The fourth-order valence-electron chi connectivity index (χ4n) is 2.31. The first-order valence-electron chi connectivity index (χ1n) is 7.51. The average Bonchev–Trinajstić information content (AvgIpc) is 2.54. The van der Waals surface area contributed by atoms with E-state index < -0.39 is 6.04 Å². The van der Waals surface area contributed by atoms with E-state index in [0.717, 1.165) is 13.1 Å². The van der Waals surface area contributed by atoms with Gasteiger partial charge in [0.05, 0.1) is 0 Å². The van der Waals surface area contributed by atoms with E-state index in [4.69, 9.17) is 4.74 Å². The molecule has 1 saturated heterocycles. The summed E-state index contributed by atoms with van der Waals surface area (Å²) in [5.41, 5.74) is 0. The largest absolute Gasteiger partial charge is 0.484 e. The lowest BCUT2D eigenvalue weighted by molar-refractivity contribution is -0.137. The number of hydrogen-bond donors (Lipinski definition) is 1. The molecule has 0 radical (unpaired) electrons. The number of carbonyl (C=O) groups excluding carboxylic acids is 2. The van der Waals surface area contributed by atoms with Crippen LogP contribution in [-0.2, 0) is 9.59 Å². The molecule has 1 fully saturated rings. The molecule has 1 aliphatic rings. The van der Waals surface area contributed by atoms with Crippen LogP contribution in [0.5, 0.6) is 5.75 Å². The van der Waals surface area contributed by atoms with E-state index >= 15 is 0 Å². The summed E-state index contributed by atoms with van der Waals surface area (Å²) in [4.78, 5) is 28.1. The number of hydrogen-bond acceptors (Lipinski definition) is 4. The number of carbonyl (C=O) groups is 2. The van der Waals surface area contributed by atoms with E-state index in [1.54, 1.807) is 24.0 Å². The molecule has 6 nitrogen and oxygen atoms in total. The fourth-order valence-corrected chi connectivity index (χ4v) is 2.31. The van der Waals surface area contributed by atoms with Crippen LogP contribution < -0.4 is 10.1 Å². The molecule has 0 bridgehead atoms. The van der Waals surface area contributed by atoms with E-state index in [9.17, 15) is 9.59 Å². The van der Waals surface area contributed by atoms with Gasteiger partial charge < -0.3 is 19.9 Å². The first kappa shape index (κ1) is 16.3. The zero-order valence-electron chi connectivity index (χ0n) is 13.1. The third-order valence-electron chi connectivity index (χ3n) is 3.68. The van der Waals surface area contributed by atoms with Gasteiger partial charge in [-0.2, -0.15) is 0 Å². The molecule has 120 valence electrons. The molecular formula is C16H23N3O3. The lowest BCUT2D eigenvalue weighted by Crippen LogP contribution is -2.53. The molecule has 6 heteroatoms. The maximum atomic E-state index is 12.3. The normalized spacial score (nSPS) is 16.9. The highest BCUT2D eigenvalue weighted by Crippen LogP contribution is 2.07. The van der Waals surface area contributed by atoms with Crippen molar-refractivity contribution < 1.29 is 14.3 Å². The second-order valence-corrected chi connectivity index (χ2v) is 5.52. The van der Waals surface area contributed by atoms with Gasteiger partial charge in [-0.1, -0.05) is 18.2 Å². The first-order chi connectivity index (χ1) is 10.6. The van der Waals surface area contributed by atoms with Crippen LogP contribution in [0.1, 0.15) is 6.92 Å². The quantitative estimate of drug-likeness (QED) is 0.852. The van der Waals surface area contributed by atoms with Gasteiger partial charge in [0.1, 0.15) is 11.8 Å². The van der Waals surface area contributed by atoms with Crippen molar-refractivity contribution in [1.29, 1.82) is 0 Å². The molecule has 1 N–H and O–H groups in total. The molecule has 1 heterocycles. The lowest BCUT2D eigenvalue weighted by Gasteiger charge is -2.34. The van der Waals surface area contributed by atoms with Gasteiger partial charge in [-0.05, 0) is 26.1 Å². The molecule has 2 amide bonds. The van der Waals surface area contributed by atoms with Crippen LogP contribution in [0, 0.1) is 0 Å². The summed E-state index contributed by atoms with van der Waals surface area (Å²) < 4.78 is 5.36. The van der Waals surface area contributed by atoms with Crippen molar-refractivity contribution in [3.63, 3.8) is 0 Å². The predicted molar refractivity (Wildman–Crippen MR) is 83.6 cm³/mol. The third-order valence-corrected chi connectivity index (χ3v) is 3.68. The zero-order chi connectivity index (χ0) is 15.9. The molecule has 22 heavy (non-hydrogen) atoms. The van der Waals surface area contributed by atoms with Crippen LogP contribution >= 0.6 is 0 Å². The molecule has 1 unspecified atom stereocenters. The van der Waals surface area contributed by atoms with Gasteiger partial charge in [0.15, 0.2) is 6.61 Å². The monoisotopic (exact) mass is 305 g/mol. The van der Waals surface area contributed by atoms with Gasteiger partial charge >= 0.3 is 0 Å². The fraction of sp³-hybridized carbons (Fsp3) is 0.500. The van der Waals surface area contributed by atoms with Gasteiger partial charge in [0.25, 0.3) is 5.91 Å². The number of piperazine rings is 1. The number of ether oxygens (including phenoxy) is 1. The Bertz CT molecular complexity index is 499. The maximum absolute atomic E-state index is 12.3. The summed E-state index contributed by atoms with van der Waals surface area (Å²) in [6.07, 6.45) is 0. The summed E-state index contributed by atoms with van der Waals surface area (Å²) in [7, 11) is 2.04. The Morgan fingerprint density at radius 3 is 2.45 bits per heavy atom. The number of nitrogens with one attached hydrogen (secondary N) is 1. The molecule has 0 spiro atoms. The standard InChI is InChI=1S/C16H23N3O3/c1-13(16(21)19-10-8-18(2)9-11-19)17-15(20)12-22-14-6-4-3-5-7-14/h3-7,13H,8-12H2,1-2H3,(H,17,20). The highest BCUT2D eigenvalue weighted by atomic mass is 16.5. The predicted octanol–water partition coefficient (Wildman–Crippen LogP) is 0.344. The van der Waals surface area contributed by atoms with Crippen LogP contribution in [0.3, 0.4) is 0 Å². The molecule has 0 saturated carbocycles. The van der Waals surface area contributed by atoms with Crippen molar-refractivity contribution >= 4 is 11.8 Å². The van der Waals surface area contributed by atoms with Crippen LogP contribution in [0.15, 0.2) is 30.3 Å². The van der Waals surface area contributed by atoms with Gasteiger partial charge in [0.2, 0.25) is 5.91 Å². The van der Waals surface area contributed by atoms with E-state index in [-0.39, 0.29) is 18.4 Å². The van der Waals surface area contributed by atoms with E-state index in [1.165, 1.54) is 0 Å². The second kappa shape index (κ2) is 7.79. The molecule has 1 aliphatic heterocycles. The molecule has 2 rings (SSSR count).